The molecule has 15 nitrogen and oxygen atoms in total. The quantitative estimate of drug-likeness (QED) is 0.135. The zero-order valence-corrected chi connectivity index (χ0v) is 25.6. The van der Waals surface area contributed by atoms with E-state index in [1.807, 2.05) is 60.9 Å². The van der Waals surface area contributed by atoms with Crippen LogP contribution < -0.4 is 0 Å². The molecule has 2 aromatic heterocycles. The molecule has 0 N–H and O–H groups in total. The highest BCUT2D eigenvalue weighted by Gasteiger charge is 2.40. The number of nitro benzene ring substituents is 2. The number of nitro groups is 2. The Labute approximate surface area is 271 Å². The molecule has 0 radical (unpaired) electrons. The number of ketones is 1. The van der Waals surface area contributed by atoms with Gasteiger partial charge in [0.05, 0.1) is 41.8 Å². The summed E-state index contributed by atoms with van der Waals surface area (Å²) in [5.74, 6) is -1.22. The third-order valence-electron chi connectivity index (χ3n) is 6.92. The number of carbonyl (C=O) groups is 1. The van der Waals surface area contributed by atoms with Crippen molar-refractivity contribution in [3.63, 3.8) is 0 Å². The van der Waals surface area contributed by atoms with E-state index in [4.69, 9.17) is 0 Å². The first kappa shape index (κ1) is 33.4. The van der Waals surface area contributed by atoms with Crippen molar-refractivity contribution in [3.05, 3.63) is 141 Å². The first-order valence-electron chi connectivity index (χ1n) is 13.4. The van der Waals surface area contributed by atoms with Gasteiger partial charge in [0.25, 0.3) is 11.4 Å². The summed E-state index contributed by atoms with van der Waals surface area (Å²) in [6, 6.07) is 25.9. The molecular weight excluding hydrogens is 668 g/mol. The second-order valence-corrected chi connectivity index (χ2v) is 12.6. The Balaban J connectivity index is 0.000000180. The third kappa shape index (κ3) is 6.88. The first-order chi connectivity index (χ1) is 22.7. The highest BCUT2D eigenvalue weighted by Crippen LogP contribution is 2.48. The Kier molecular flexibility index (Phi) is 9.04. The second-order valence-electron chi connectivity index (χ2n) is 9.87. The fourth-order valence-corrected chi connectivity index (χ4v) is 5.88. The number of nitrogens with zero attached hydrogens (tertiary/aromatic N) is 4. The van der Waals surface area contributed by atoms with Crippen LogP contribution in [-0.4, -0.2) is 51.5 Å². The zero-order chi connectivity index (χ0) is 34.8. The van der Waals surface area contributed by atoms with Gasteiger partial charge in [-0.2, -0.15) is 0 Å². The maximum absolute atomic E-state index is 12.6. The van der Waals surface area contributed by atoms with Crippen LogP contribution in [0.3, 0.4) is 0 Å². The highest BCUT2D eigenvalue weighted by atomic mass is 32.2. The van der Waals surface area contributed by atoms with Gasteiger partial charge in [0, 0.05) is 46.4 Å². The van der Waals surface area contributed by atoms with Gasteiger partial charge in [-0.3, -0.25) is 35.0 Å². The summed E-state index contributed by atoms with van der Waals surface area (Å²) in [6.07, 6.45) is 3.62. The van der Waals surface area contributed by atoms with Crippen LogP contribution in [0.2, 0.25) is 0 Å². The minimum atomic E-state index is -5.24. The van der Waals surface area contributed by atoms with Gasteiger partial charge in [-0.15, -0.1) is 0 Å². The van der Waals surface area contributed by atoms with E-state index in [0.717, 1.165) is 11.0 Å². The number of rotatable bonds is 4. The van der Waals surface area contributed by atoms with Gasteiger partial charge in [0.2, 0.25) is 0 Å². The molecule has 0 atom stereocenters. The number of hydrogen-bond donors (Lipinski definition) is 0. The van der Waals surface area contributed by atoms with Crippen molar-refractivity contribution in [1.29, 1.82) is 0 Å². The number of pyridine rings is 2. The molecule has 242 valence electrons. The van der Waals surface area contributed by atoms with Crippen LogP contribution in [0, 0.1) is 20.2 Å². The Bertz CT molecular complexity index is 2200. The largest absolute Gasteiger partial charge is 0.744 e. The van der Waals surface area contributed by atoms with Crippen LogP contribution in [0.5, 0.6) is 0 Å². The van der Waals surface area contributed by atoms with E-state index in [9.17, 15) is 51.0 Å². The van der Waals surface area contributed by atoms with E-state index in [1.165, 1.54) is 10.8 Å². The predicted molar refractivity (Wildman–Crippen MR) is 168 cm³/mol. The fraction of sp³-hybridized carbons (Fsp3) is 0. The van der Waals surface area contributed by atoms with Crippen LogP contribution >= 0.6 is 0 Å². The minimum Gasteiger partial charge on any atom is -0.744 e. The maximum atomic E-state index is 12.6. The van der Waals surface area contributed by atoms with Gasteiger partial charge in [0.15, 0.2) is 5.78 Å². The molecule has 17 heteroatoms. The van der Waals surface area contributed by atoms with Gasteiger partial charge in [-0.25, -0.2) is 16.8 Å². The molecule has 0 bridgehead atoms. The average molecular weight is 687 g/mol. The molecule has 6 aromatic rings. The van der Waals surface area contributed by atoms with Crippen molar-refractivity contribution in [2.75, 3.05) is 0 Å². The van der Waals surface area contributed by atoms with E-state index in [0.29, 0.717) is 24.3 Å². The van der Waals surface area contributed by atoms with Crippen LogP contribution in [0.4, 0.5) is 11.4 Å². The molecule has 48 heavy (non-hydrogen) atoms. The Morgan fingerprint density at radius 1 is 0.542 bits per heavy atom. The molecule has 0 spiro atoms. The molecule has 0 fully saturated rings. The molecule has 0 aliphatic heterocycles. The monoisotopic (exact) mass is 686 g/mol. The van der Waals surface area contributed by atoms with Crippen LogP contribution in [0.15, 0.2) is 119 Å². The molecule has 1 aliphatic rings. The molecule has 4 aromatic carbocycles. The molecule has 0 saturated carbocycles. The molecule has 0 amide bonds. The standard InChI is InChI=1S/C13H6N2O11S2.2C9H7N/c16-13-7-1-5(27(21,22)23)3-9(14(17)18)11(7)12-8(13)2-6(28(24,25)26)4-10(12)15(19)20;2*1-2-6-9-8(4-1)5-3-7-10-9/h1-4H,(H,21,22,23)(H,24,25,26);2*1-7H/p-2. The number of hydrogen-bond acceptors (Lipinski definition) is 13. The Morgan fingerprint density at radius 3 is 1.23 bits per heavy atom. The third-order valence-corrected chi connectivity index (χ3v) is 8.54. The SMILES string of the molecule is O=C1c2cc(S(=O)(=O)[O-])cc([N+](=O)[O-])c2-c2c1cc(S(=O)(=O)[O-])cc2[N+](=O)[O-].c1ccc2ncccc2c1.c1ccc2ncccc2c1. The van der Waals surface area contributed by atoms with Crippen molar-refractivity contribution in [3.8, 4) is 11.1 Å². The predicted octanol–water partition coefficient (Wildman–Crippen LogP) is 4.99. The first-order valence-corrected chi connectivity index (χ1v) is 16.2. The zero-order valence-electron chi connectivity index (χ0n) is 24.0. The lowest BCUT2D eigenvalue weighted by Crippen LogP contribution is -2.04. The summed E-state index contributed by atoms with van der Waals surface area (Å²) in [7, 11) is -10.5. The molecule has 0 saturated heterocycles. The van der Waals surface area contributed by atoms with Gasteiger partial charge >= 0.3 is 0 Å². The van der Waals surface area contributed by atoms with Gasteiger partial charge < -0.3 is 9.11 Å². The maximum Gasteiger partial charge on any atom is 0.279 e. The van der Waals surface area contributed by atoms with Crippen molar-refractivity contribution >= 4 is 59.2 Å². The smallest absolute Gasteiger partial charge is 0.279 e. The average Bonchev–Trinajstić information content (AvgIpc) is 3.35. The molecule has 0 unspecified atom stereocenters. The molecule has 2 heterocycles. The molecule has 1 aliphatic carbocycles. The van der Waals surface area contributed by atoms with E-state index in [-0.39, 0.29) is 0 Å². The van der Waals surface area contributed by atoms with Crippen molar-refractivity contribution in [2.45, 2.75) is 9.79 Å². The summed E-state index contributed by atoms with van der Waals surface area (Å²) in [5.41, 5.74) is -2.79. The van der Waals surface area contributed by atoms with Gasteiger partial charge in [0.1, 0.15) is 20.2 Å². The van der Waals surface area contributed by atoms with Crippen molar-refractivity contribution in [1.82, 2.24) is 9.97 Å². The summed E-state index contributed by atoms with van der Waals surface area (Å²) in [5, 5.41) is 25.1. The van der Waals surface area contributed by atoms with E-state index < -0.39 is 79.3 Å². The van der Waals surface area contributed by atoms with Crippen LogP contribution in [0.25, 0.3) is 32.9 Å². The highest BCUT2D eigenvalue weighted by molar-refractivity contribution is 7.86. The van der Waals surface area contributed by atoms with E-state index >= 15 is 0 Å². The number of para-hydroxylation sites is 2. The van der Waals surface area contributed by atoms with Crippen molar-refractivity contribution in [2.24, 2.45) is 0 Å². The lowest BCUT2D eigenvalue weighted by atomic mass is 10.0. The van der Waals surface area contributed by atoms with E-state index in [1.54, 1.807) is 0 Å². The second kappa shape index (κ2) is 13.0. The number of aromatic nitrogens is 2. The number of carbonyl (C=O) groups excluding carboxylic acids is 1. The molecule has 7 rings (SSSR count). The van der Waals surface area contributed by atoms with Gasteiger partial charge in [-0.1, -0.05) is 48.5 Å². The lowest BCUT2D eigenvalue weighted by Gasteiger charge is -2.10. The molecular formula is C31H18N4O11S2-2. The van der Waals surface area contributed by atoms with Crippen molar-refractivity contribution < 1.29 is 40.6 Å². The Morgan fingerprint density at radius 2 is 0.896 bits per heavy atom. The lowest BCUT2D eigenvalue weighted by molar-refractivity contribution is -0.386. The summed E-state index contributed by atoms with van der Waals surface area (Å²) >= 11 is 0. The normalized spacial score (nSPS) is 11.8. The topological polar surface area (TPSA) is 244 Å². The van der Waals surface area contributed by atoms with Crippen LogP contribution in [-0.2, 0) is 20.2 Å². The number of benzene rings is 4. The fourth-order valence-electron chi connectivity index (χ4n) is 4.84. The van der Waals surface area contributed by atoms with Crippen LogP contribution in [0.1, 0.15) is 15.9 Å². The van der Waals surface area contributed by atoms with Gasteiger partial charge in [-0.05, 0) is 36.4 Å². The Hall–Kier alpha value is -6.01. The summed E-state index contributed by atoms with van der Waals surface area (Å²) in [4.78, 5) is 39.0. The summed E-state index contributed by atoms with van der Waals surface area (Å²) < 4.78 is 67.4. The van der Waals surface area contributed by atoms with E-state index in [2.05, 4.69) is 34.2 Å². The number of fused-ring (bicyclic) bond motifs is 5. The minimum absolute atomic E-state index is 0.339. The summed E-state index contributed by atoms with van der Waals surface area (Å²) in [6.45, 7) is 0.